The fourth-order valence-electron chi connectivity index (χ4n) is 3.46. The first-order valence-corrected chi connectivity index (χ1v) is 9.48. The van der Waals surface area contributed by atoms with E-state index < -0.39 is 0 Å². The molecule has 0 bridgehead atoms. The molecule has 2 aromatic carbocycles. The van der Waals surface area contributed by atoms with Crippen LogP contribution in [0.3, 0.4) is 0 Å². The molecule has 3 rings (SSSR count). The number of urea groups is 1. The molecule has 0 atom stereocenters. The minimum Gasteiger partial charge on any atom is -0.495 e. The van der Waals surface area contributed by atoms with E-state index in [1.54, 1.807) is 7.11 Å². The topological polar surface area (TPSA) is 44.8 Å². The van der Waals surface area contributed by atoms with Gasteiger partial charge in [-0.15, -0.1) is 0 Å². The number of nitrogens with zero attached hydrogens (tertiary/aromatic N) is 2. The van der Waals surface area contributed by atoms with Gasteiger partial charge in [0.15, 0.2) is 0 Å². The number of carbonyl (C=O) groups is 1. The minimum absolute atomic E-state index is 0.0566. The summed E-state index contributed by atoms with van der Waals surface area (Å²) in [6.07, 6.45) is 0. The van der Waals surface area contributed by atoms with Crippen molar-refractivity contribution < 1.29 is 9.53 Å². The Labute approximate surface area is 165 Å². The summed E-state index contributed by atoms with van der Waals surface area (Å²) in [5.74, 6) is 0.763. The van der Waals surface area contributed by atoms with Crippen LogP contribution in [0.25, 0.3) is 0 Å². The molecule has 0 unspecified atom stereocenters. The number of piperazine rings is 1. The van der Waals surface area contributed by atoms with E-state index in [9.17, 15) is 4.79 Å². The molecule has 1 fully saturated rings. The average Bonchev–Trinajstić information content (AvgIpc) is 2.63. The Balaban J connectivity index is 1.65. The van der Waals surface area contributed by atoms with Crippen LogP contribution in [-0.4, -0.2) is 44.2 Å². The second-order valence-corrected chi connectivity index (χ2v) is 7.46. The second-order valence-electron chi connectivity index (χ2n) is 7.05. The van der Waals surface area contributed by atoms with Gasteiger partial charge < -0.3 is 19.9 Å². The van der Waals surface area contributed by atoms with Crippen LogP contribution in [0.2, 0.25) is 5.02 Å². The van der Waals surface area contributed by atoms with Gasteiger partial charge in [-0.1, -0.05) is 17.7 Å². The molecule has 144 valence electrons. The normalized spacial score (nSPS) is 14.3. The molecule has 0 radical (unpaired) electrons. The summed E-state index contributed by atoms with van der Waals surface area (Å²) in [4.78, 5) is 16.7. The molecule has 5 nitrogen and oxygen atoms in total. The first-order valence-electron chi connectivity index (χ1n) is 9.10. The molecule has 2 amide bonds. The lowest BCUT2D eigenvalue weighted by Crippen LogP contribution is -2.50. The van der Waals surface area contributed by atoms with Crippen LogP contribution >= 0.6 is 11.6 Å². The van der Waals surface area contributed by atoms with E-state index in [2.05, 4.69) is 16.3 Å². The molecule has 1 aliphatic heterocycles. The fourth-order valence-corrected chi connectivity index (χ4v) is 3.61. The highest BCUT2D eigenvalue weighted by Gasteiger charge is 2.23. The predicted octanol–water partition coefficient (Wildman–Crippen LogP) is 4.63. The lowest BCUT2D eigenvalue weighted by atomic mass is 10.1. The molecule has 2 aromatic rings. The molecule has 0 aromatic heterocycles. The van der Waals surface area contributed by atoms with Crippen molar-refractivity contribution >= 4 is 29.0 Å². The van der Waals surface area contributed by atoms with Gasteiger partial charge in [0.05, 0.1) is 12.8 Å². The number of halogens is 1. The number of anilines is 2. The van der Waals surface area contributed by atoms with Crippen LogP contribution in [-0.2, 0) is 0 Å². The lowest BCUT2D eigenvalue weighted by Gasteiger charge is -2.36. The summed E-state index contributed by atoms with van der Waals surface area (Å²) < 4.78 is 5.49. The Hall–Kier alpha value is -2.40. The molecule has 0 spiro atoms. The molecule has 0 aliphatic carbocycles. The SMILES string of the molecule is COc1cc(Cl)c(C)cc1N1CCN(C(=O)Nc2cc(C)cc(C)c2)CC1. The van der Waals surface area contributed by atoms with Crippen molar-refractivity contribution in [1.82, 2.24) is 4.90 Å². The fraction of sp³-hybridized carbons (Fsp3) is 0.381. The van der Waals surface area contributed by atoms with Crippen molar-refractivity contribution in [3.8, 4) is 5.75 Å². The maximum atomic E-state index is 12.6. The monoisotopic (exact) mass is 387 g/mol. The Kier molecular flexibility index (Phi) is 5.80. The summed E-state index contributed by atoms with van der Waals surface area (Å²) in [5, 5.41) is 3.71. The van der Waals surface area contributed by atoms with Gasteiger partial charge in [0.2, 0.25) is 0 Å². The van der Waals surface area contributed by atoms with Gasteiger partial charge in [-0.25, -0.2) is 4.79 Å². The minimum atomic E-state index is -0.0566. The highest BCUT2D eigenvalue weighted by molar-refractivity contribution is 6.31. The summed E-state index contributed by atoms with van der Waals surface area (Å²) in [6.45, 7) is 8.85. The predicted molar refractivity (Wildman–Crippen MR) is 111 cm³/mol. The van der Waals surface area contributed by atoms with Crippen LogP contribution in [0.5, 0.6) is 5.75 Å². The Morgan fingerprint density at radius 1 is 1.00 bits per heavy atom. The number of hydrogen-bond donors (Lipinski definition) is 1. The molecule has 1 N–H and O–H groups in total. The van der Waals surface area contributed by atoms with Crippen molar-refractivity contribution in [3.63, 3.8) is 0 Å². The van der Waals surface area contributed by atoms with Crippen molar-refractivity contribution in [1.29, 1.82) is 0 Å². The Morgan fingerprint density at radius 3 is 2.22 bits per heavy atom. The number of aryl methyl sites for hydroxylation is 3. The van der Waals surface area contributed by atoms with Crippen LogP contribution in [0.4, 0.5) is 16.2 Å². The van der Waals surface area contributed by atoms with E-state index >= 15 is 0 Å². The van der Waals surface area contributed by atoms with Gasteiger partial charge in [-0.05, 0) is 55.7 Å². The molecular weight excluding hydrogens is 362 g/mol. The zero-order valence-corrected chi connectivity index (χ0v) is 17.1. The van der Waals surface area contributed by atoms with Gasteiger partial charge in [0.1, 0.15) is 5.75 Å². The molecule has 0 saturated carbocycles. The maximum absolute atomic E-state index is 12.6. The molecule has 27 heavy (non-hydrogen) atoms. The number of carbonyl (C=O) groups excluding carboxylic acids is 1. The zero-order chi connectivity index (χ0) is 19.6. The van der Waals surface area contributed by atoms with E-state index in [-0.39, 0.29) is 6.03 Å². The highest BCUT2D eigenvalue weighted by Crippen LogP contribution is 2.34. The number of hydrogen-bond acceptors (Lipinski definition) is 3. The maximum Gasteiger partial charge on any atom is 0.321 e. The number of nitrogens with one attached hydrogen (secondary N) is 1. The van der Waals surface area contributed by atoms with Gasteiger partial charge >= 0.3 is 6.03 Å². The summed E-state index contributed by atoms with van der Waals surface area (Å²) in [7, 11) is 1.65. The largest absolute Gasteiger partial charge is 0.495 e. The van der Waals surface area contributed by atoms with Crippen molar-refractivity contribution in [2.24, 2.45) is 0 Å². The zero-order valence-electron chi connectivity index (χ0n) is 16.3. The number of ether oxygens (including phenoxy) is 1. The smallest absolute Gasteiger partial charge is 0.321 e. The molecule has 1 heterocycles. The van der Waals surface area contributed by atoms with Gasteiger partial charge in [0, 0.05) is 43.0 Å². The number of benzene rings is 2. The number of methoxy groups -OCH3 is 1. The summed E-state index contributed by atoms with van der Waals surface area (Å²) >= 11 is 6.21. The van der Waals surface area contributed by atoms with Crippen LogP contribution in [0, 0.1) is 20.8 Å². The first-order chi connectivity index (χ1) is 12.9. The third kappa shape index (κ3) is 4.48. The molecular formula is C21H26ClN3O2. The Bertz CT molecular complexity index is 825. The van der Waals surface area contributed by atoms with Crippen LogP contribution < -0.4 is 15.0 Å². The van der Waals surface area contributed by atoms with Crippen LogP contribution in [0.1, 0.15) is 16.7 Å². The van der Waals surface area contributed by atoms with Crippen molar-refractivity contribution in [3.05, 3.63) is 52.0 Å². The van der Waals surface area contributed by atoms with E-state index in [1.807, 2.05) is 49.9 Å². The third-order valence-corrected chi connectivity index (χ3v) is 5.25. The van der Waals surface area contributed by atoms with Crippen molar-refractivity contribution in [2.45, 2.75) is 20.8 Å². The molecule has 1 saturated heterocycles. The van der Waals surface area contributed by atoms with Crippen LogP contribution in [0.15, 0.2) is 30.3 Å². The summed E-state index contributed by atoms with van der Waals surface area (Å²) in [6, 6.07) is 9.91. The quantitative estimate of drug-likeness (QED) is 0.835. The second kappa shape index (κ2) is 8.09. The Morgan fingerprint density at radius 2 is 1.63 bits per heavy atom. The van der Waals surface area contributed by atoms with E-state index in [0.717, 1.165) is 46.9 Å². The van der Waals surface area contributed by atoms with Crippen molar-refractivity contribution in [2.75, 3.05) is 43.5 Å². The highest BCUT2D eigenvalue weighted by atomic mass is 35.5. The molecule has 6 heteroatoms. The third-order valence-electron chi connectivity index (χ3n) is 4.84. The summed E-state index contributed by atoms with van der Waals surface area (Å²) in [5.41, 5.74) is 5.16. The molecule has 1 aliphatic rings. The van der Waals surface area contributed by atoms with E-state index in [1.165, 1.54) is 0 Å². The van der Waals surface area contributed by atoms with E-state index in [0.29, 0.717) is 18.1 Å². The lowest BCUT2D eigenvalue weighted by molar-refractivity contribution is 0.208. The number of amides is 2. The van der Waals surface area contributed by atoms with Gasteiger partial charge in [-0.2, -0.15) is 0 Å². The average molecular weight is 388 g/mol. The number of rotatable bonds is 3. The van der Waals surface area contributed by atoms with E-state index in [4.69, 9.17) is 16.3 Å². The van der Waals surface area contributed by atoms with Gasteiger partial charge in [-0.3, -0.25) is 0 Å². The van der Waals surface area contributed by atoms with Gasteiger partial charge in [0.25, 0.3) is 0 Å². The standard InChI is InChI=1S/C21H26ClN3O2/c1-14-9-15(2)11-17(10-14)23-21(26)25-7-5-24(6-8-25)19-12-16(3)18(22)13-20(19)27-4/h9-13H,5-8H2,1-4H3,(H,23,26). The first kappa shape index (κ1) is 19.4.